The van der Waals surface area contributed by atoms with Crippen LogP contribution in [0.5, 0.6) is 5.75 Å². The van der Waals surface area contributed by atoms with E-state index in [1.807, 2.05) is 6.92 Å². The molecule has 0 saturated heterocycles. The highest BCUT2D eigenvalue weighted by Crippen LogP contribution is 2.33. The van der Waals surface area contributed by atoms with Gasteiger partial charge in [0, 0.05) is 6.61 Å². The number of rotatable bonds is 6. The van der Waals surface area contributed by atoms with E-state index in [0.717, 1.165) is 44.9 Å². The minimum absolute atomic E-state index is 0.139. The molecule has 1 aliphatic carbocycles. The summed E-state index contributed by atoms with van der Waals surface area (Å²) >= 11 is 0. The highest BCUT2D eigenvalue weighted by atomic mass is 16.5. The van der Waals surface area contributed by atoms with Gasteiger partial charge in [-0.05, 0) is 37.5 Å². The zero-order valence-electron chi connectivity index (χ0n) is 14.6. The zero-order chi connectivity index (χ0) is 17.4. The number of amides is 1. The van der Waals surface area contributed by atoms with Gasteiger partial charge in [0.15, 0.2) is 0 Å². The van der Waals surface area contributed by atoms with Crippen molar-refractivity contribution in [1.29, 1.82) is 5.26 Å². The van der Waals surface area contributed by atoms with Gasteiger partial charge in [-0.3, -0.25) is 4.79 Å². The molecule has 0 unspecified atom stereocenters. The Morgan fingerprint density at radius 1 is 1.29 bits per heavy atom. The lowest BCUT2D eigenvalue weighted by Gasteiger charge is -2.31. The molecule has 1 saturated carbocycles. The Morgan fingerprint density at radius 2 is 2.00 bits per heavy atom. The lowest BCUT2D eigenvalue weighted by molar-refractivity contribution is -0.143. The molecule has 5 nitrogen and oxygen atoms in total. The molecule has 0 bridgehead atoms. The van der Waals surface area contributed by atoms with Crippen LogP contribution >= 0.6 is 0 Å². The molecule has 1 fully saturated rings. The van der Waals surface area contributed by atoms with Crippen molar-refractivity contribution in [3.05, 3.63) is 23.8 Å². The van der Waals surface area contributed by atoms with E-state index in [-0.39, 0.29) is 5.91 Å². The Bertz CT molecular complexity index is 599. The van der Waals surface area contributed by atoms with E-state index >= 15 is 0 Å². The first-order valence-electron chi connectivity index (χ1n) is 8.69. The number of hydrogen-bond donors (Lipinski definition) is 1. The van der Waals surface area contributed by atoms with Crippen molar-refractivity contribution < 1.29 is 14.3 Å². The van der Waals surface area contributed by atoms with Gasteiger partial charge in [0.2, 0.25) is 0 Å². The fraction of sp³-hybridized carbons (Fsp3) is 0.579. The topological polar surface area (TPSA) is 71.3 Å². The summed E-state index contributed by atoms with van der Waals surface area (Å²) < 4.78 is 11.2. The monoisotopic (exact) mass is 330 g/mol. The molecule has 2 rings (SSSR count). The minimum Gasteiger partial charge on any atom is -0.497 e. The Kier molecular flexibility index (Phi) is 6.62. The second-order valence-corrected chi connectivity index (χ2v) is 6.23. The Labute approximate surface area is 144 Å². The van der Waals surface area contributed by atoms with Gasteiger partial charge >= 0.3 is 0 Å². The molecule has 1 aliphatic rings. The van der Waals surface area contributed by atoms with Crippen molar-refractivity contribution in [2.24, 2.45) is 0 Å². The van der Waals surface area contributed by atoms with Gasteiger partial charge in [-0.2, -0.15) is 5.26 Å². The van der Waals surface area contributed by atoms with Crippen LogP contribution in [0.15, 0.2) is 18.2 Å². The SMILES string of the molecule is CCCOC1(C(=O)Nc2ccc(OC)cc2C#N)CCCCCC1. The summed E-state index contributed by atoms with van der Waals surface area (Å²) in [5.41, 5.74) is 0.119. The Morgan fingerprint density at radius 3 is 2.58 bits per heavy atom. The second kappa shape index (κ2) is 8.70. The first-order valence-corrected chi connectivity index (χ1v) is 8.69. The van der Waals surface area contributed by atoms with Gasteiger partial charge in [-0.15, -0.1) is 0 Å². The van der Waals surface area contributed by atoms with Crippen molar-refractivity contribution in [3.8, 4) is 11.8 Å². The number of hydrogen-bond acceptors (Lipinski definition) is 4. The van der Waals surface area contributed by atoms with E-state index in [4.69, 9.17) is 9.47 Å². The fourth-order valence-corrected chi connectivity index (χ4v) is 3.12. The lowest BCUT2D eigenvalue weighted by Crippen LogP contribution is -2.45. The predicted octanol–water partition coefficient (Wildman–Crippen LogP) is 4.02. The molecule has 0 radical (unpaired) electrons. The fourth-order valence-electron chi connectivity index (χ4n) is 3.12. The van der Waals surface area contributed by atoms with Crippen LogP contribution < -0.4 is 10.1 Å². The molecule has 1 N–H and O–H groups in total. The molecule has 1 aromatic carbocycles. The van der Waals surface area contributed by atoms with E-state index < -0.39 is 5.60 Å². The third-order valence-corrected chi connectivity index (χ3v) is 4.50. The van der Waals surface area contributed by atoms with Crippen LogP contribution in [0.25, 0.3) is 0 Å². The Hall–Kier alpha value is -2.06. The van der Waals surface area contributed by atoms with Gasteiger partial charge < -0.3 is 14.8 Å². The van der Waals surface area contributed by atoms with Crippen LogP contribution in [-0.2, 0) is 9.53 Å². The van der Waals surface area contributed by atoms with E-state index in [1.165, 1.54) is 0 Å². The van der Waals surface area contributed by atoms with E-state index in [2.05, 4.69) is 11.4 Å². The summed E-state index contributed by atoms with van der Waals surface area (Å²) in [6.07, 6.45) is 6.59. The zero-order valence-corrected chi connectivity index (χ0v) is 14.6. The van der Waals surface area contributed by atoms with Crippen LogP contribution in [0.4, 0.5) is 5.69 Å². The molecule has 5 heteroatoms. The largest absolute Gasteiger partial charge is 0.497 e. The van der Waals surface area contributed by atoms with Crippen molar-refractivity contribution in [2.45, 2.75) is 57.5 Å². The summed E-state index contributed by atoms with van der Waals surface area (Å²) in [4.78, 5) is 13.0. The maximum Gasteiger partial charge on any atom is 0.256 e. The summed E-state index contributed by atoms with van der Waals surface area (Å²) in [6, 6.07) is 7.19. The van der Waals surface area contributed by atoms with Crippen molar-refractivity contribution in [1.82, 2.24) is 0 Å². The molecule has 24 heavy (non-hydrogen) atoms. The normalized spacial score (nSPS) is 16.7. The summed E-state index contributed by atoms with van der Waals surface area (Å²) in [5, 5.41) is 12.2. The second-order valence-electron chi connectivity index (χ2n) is 6.23. The summed E-state index contributed by atoms with van der Waals surface area (Å²) in [5.74, 6) is 0.454. The number of anilines is 1. The summed E-state index contributed by atoms with van der Waals surface area (Å²) in [7, 11) is 1.55. The quantitative estimate of drug-likeness (QED) is 0.800. The van der Waals surface area contributed by atoms with Crippen LogP contribution in [0.2, 0.25) is 0 Å². The van der Waals surface area contributed by atoms with Crippen molar-refractivity contribution >= 4 is 11.6 Å². The average molecular weight is 330 g/mol. The molecule has 0 aromatic heterocycles. The van der Waals surface area contributed by atoms with Crippen LogP contribution in [0.1, 0.15) is 57.4 Å². The third kappa shape index (κ3) is 4.27. The van der Waals surface area contributed by atoms with Crippen LogP contribution in [0.3, 0.4) is 0 Å². The van der Waals surface area contributed by atoms with Crippen LogP contribution in [-0.4, -0.2) is 25.2 Å². The molecule has 0 atom stereocenters. The number of methoxy groups -OCH3 is 1. The number of benzene rings is 1. The lowest BCUT2D eigenvalue weighted by atomic mass is 9.92. The Balaban J connectivity index is 2.22. The highest BCUT2D eigenvalue weighted by molar-refractivity contribution is 5.98. The van der Waals surface area contributed by atoms with E-state index in [1.54, 1.807) is 25.3 Å². The molecular weight excluding hydrogens is 304 g/mol. The first-order chi connectivity index (χ1) is 11.6. The molecular formula is C19H26N2O3. The highest BCUT2D eigenvalue weighted by Gasteiger charge is 2.39. The molecule has 0 heterocycles. The number of ether oxygens (including phenoxy) is 2. The number of nitrogens with one attached hydrogen (secondary N) is 1. The third-order valence-electron chi connectivity index (χ3n) is 4.50. The predicted molar refractivity (Wildman–Crippen MR) is 93.0 cm³/mol. The van der Waals surface area contributed by atoms with Crippen molar-refractivity contribution in [2.75, 3.05) is 19.0 Å². The van der Waals surface area contributed by atoms with Crippen LogP contribution in [0, 0.1) is 11.3 Å². The molecule has 0 spiro atoms. The average Bonchev–Trinajstić information content (AvgIpc) is 2.86. The minimum atomic E-state index is -0.779. The number of carbonyl (C=O) groups is 1. The van der Waals surface area contributed by atoms with Gasteiger partial charge in [-0.25, -0.2) is 0 Å². The van der Waals surface area contributed by atoms with Crippen molar-refractivity contribution in [3.63, 3.8) is 0 Å². The van der Waals surface area contributed by atoms with E-state index in [0.29, 0.717) is 23.6 Å². The molecule has 0 aliphatic heterocycles. The van der Waals surface area contributed by atoms with Gasteiger partial charge in [0.05, 0.1) is 18.4 Å². The van der Waals surface area contributed by atoms with Gasteiger partial charge in [0.1, 0.15) is 17.4 Å². The number of carbonyl (C=O) groups excluding carboxylic acids is 1. The van der Waals surface area contributed by atoms with Gasteiger partial charge in [-0.1, -0.05) is 32.6 Å². The standard InChI is InChI=1S/C19H26N2O3/c1-3-12-24-19(10-6-4-5-7-11-19)18(22)21-17-9-8-16(23-2)13-15(17)14-20/h8-9,13H,3-7,10-12H2,1-2H3,(H,21,22). The van der Waals surface area contributed by atoms with Gasteiger partial charge in [0.25, 0.3) is 5.91 Å². The molecule has 1 aromatic rings. The molecule has 130 valence electrons. The first kappa shape index (κ1) is 18.3. The van der Waals surface area contributed by atoms with E-state index in [9.17, 15) is 10.1 Å². The maximum absolute atomic E-state index is 13.0. The smallest absolute Gasteiger partial charge is 0.256 e. The number of nitriles is 1. The molecule has 1 amide bonds. The maximum atomic E-state index is 13.0. The summed E-state index contributed by atoms with van der Waals surface area (Å²) in [6.45, 7) is 2.61. The number of nitrogens with zero attached hydrogens (tertiary/aromatic N) is 1.